The summed E-state index contributed by atoms with van der Waals surface area (Å²) in [4.78, 5) is 64.0. The van der Waals surface area contributed by atoms with Gasteiger partial charge in [0.2, 0.25) is 0 Å². The van der Waals surface area contributed by atoms with Crippen LogP contribution >= 0.6 is 15.6 Å². The van der Waals surface area contributed by atoms with Crippen LogP contribution in [0.1, 0.15) is 33.2 Å². The third kappa shape index (κ3) is 11.3. The number of phosphoric acid groups is 2. The zero-order valence-electron chi connectivity index (χ0n) is 23.0. The molecule has 2 aromatic heterocycles. The molecule has 2 fully saturated rings. The van der Waals surface area contributed by atoms with Gasteiger partial charge < -0.3 is 79.1 Å². The van der Waals surface area contributed by atoms with Gasteiger partial charge in [0.1, 0.15) is 35.5 Å². The average Bonchev–Trinajstić information content (AvgIpc) is 3.40. The topological polar surface area (TPSA) is 338 Å². The summed E-state index contributed by atoms with van der Waals surface area (Å²) in [5, 5.41) is 39.5. The van der Waals surface area contributed by atoms with Crippen LogP contribution in [-0.2, 0) is 27.7 Å². The average molecular weight is 707 g/mol. The van der Waals surface area contributed by atoms with E-state index >= 15 is 0 Å². The molecule has 4 heterocycles. The van der Waals surface area contributed by atoms with Gasteiger partial charge in [0.05, 0.1) is 28.9 Å². The molecule has 0 saturated carbocycles. The Morgan fingerprint density at radius 3 is 1.36 bits per heavy atom. The molecule has 0 bridgehead atoms. The molecule has 4 rings (SSSR count). The first-order chi connectivity index (χ1) is 20.4. The van der Waals surface area contributed by atoms with Gasteiger partial charge in [-0.2, -0.15) is 9.13 Å². The molecule has 0 aliphatic carbocycles. The summed E-state index contributed by atoms with van der Waals surface area (Å²) >= 11 is 0. The minimum Gasteiger partial charge on any atom is -0.790 e. The number of phosphoric ester groups is 2. The monoisotopic (exact) mass is 706 g/mol. The number of primary amides is 2. The molecule has 2 amide bonds. The third-order valence-electron chi connectivity index (χ3n) is 6.27. The van der Waals surface area contributed by atoms with E-state index in [2.05, 4.69) is 9.05 Å². The number of hydrogen-bond donors (Lipinski definition) is 6. The Kier molecular flexibility index (Phi) is 14.6. The zero-order valence-corrected chi connectivity index (χ0v) is 27.0. The molecule has 2 aromatic rings. The maximum atomic E-state index is 11.1. The van der Waals surface area contributed by atoms with Gasteiger partial charge in [-0.15, -0.1) is 0 Å². The number of aromatic nitrogens is 2. The predicted octanol–water partition coefficient (Wildman–Crippen LogP) is -7.31. The molecule has 0 spiro atoms. The molecule has 23 heteroatoms. The minimum absolute atomic E-state index is 0. The number of rotatable bonds is 10. The number of ether oxygens (including phenoxy) is 2. The molecular formula is C22H28CaN4O16P2. The number of nitrogens with two attached hydrogens (primary N) is 2. The van der Waals surface area contributed by atoms with Crippen molar-refractivity contribution in [1.82, 2.24) is 0 Å². The van der Waals surface area contributed by atoms with E-state index in [1.54, 1.807) is 0 Å². The molecule has 0 radical (unpaired) electrons. The van der Waals surface area contributed by atoms with Crippen LogP contribution in [0.25, 0.3) is 0 Å². The summed E-state index contributed by atoms with van der Waals surface area (Å²) in [6.45, 7) is -1.45. The van der Waals surface area contributed by atoms with Crippen molar-refractivity contribution in [1.29, 1.82) is 0 Å². The molecule has 2 aliphatic rings. The number of nitrogens with zero attached hydrogens (tertiary/aromatic N) is 2. The van der Waals surface area contributed by atoms with Gasteiger partial charge in [0.15, 0.2) is 37.0 Å². The van der Waals surface area contributed by atoms with Crippen molar-refractivity contribution in [3.8, 4) is 0 Å². The van der Waals surface area contributed by atoms with Crippen molar-refractivity contribution in [2.24, 2.45) is 11.5 Å². The largest absolute Gasteiger partial charge is 2.00 e. The number of aliphatic hydroxyl groups is 4. The third-order valence-corrected chi connectivity index (χ3v) is 7.20. The number of pyridine rings is 2. The Balaban J connectivity index is 0.000000307. The first-order valence-electron chi connectivity index (χ1n) is 12.4. The summed E-state index contributed by atoms with van der Waals surface area (Å²) in [7, 11) is -10.4. The summed E-state index contributed by atoms with van der Waals surface area (Å²) < 4.78 is 42.1. The number of aliphatic hydroxyl groups excluding tert-OH is 4. The summed E-state index contributed by atoms with van der Waals surface area (Å²) in [6.07, 6.45) is -4.88. The normalized spacial score (nSPS) is 28.1. The van der Waals surface area contributed by atoms with Crippen LogP contribution in [0, 0.1) is 0 Å². The van der Waals surface area contributed by atoms with Gasteiger partial charge >= 0.3 is 37.7 Å². The first kappa shape index (κ1) is 39.7. The van der Waals surface area contributed by atoms with Crippen LogP contribution in [0.4, 0.5) is 0 Å². The molecule has 2 saturated heterocycles. The molecular weight excluding hydrogens is 678 g/mol. The van der Waals surface area contributed by atoms with E-state index in [9.17, 15) is 58.7 Å². The summed E-state index contributed by atoms with van der Waals surface area (Å²) in [5.41, 5.74) is 10.6. The van der Waals surface area contributed by atoms with Gasteiger partial charge in [-0.1, -0.05) is 0 Å². The van der Waals surface area contributed by atoms with Crippen molar-refractivity contribution >= 4 is 65.2 Å². The first-order valence-corrected chi connectivity index (χ1v) is 15.3. The summed E-state index contributed by atoms with van der Waals surface area (Å²) in [5.74, 6) is -1.39. The quantitative estimate of drug-likeness (QED) is 0.0759. The van der Waals surface area contributed by atoms with Gasteiger partial charge in [-0.25, -0.2) is 0 Å². The van der Waals surface area contributed by atoms with Crippen molar-refractivity contribution < 1.29 is 86.4 Å². The van der Waals surface area contributed by atoms with Gasteiger partial charge in [-0.05, 0) is 12.1 Å². The van der Waals surface area contributed by atoms with Gasteiger partial charge in [0, 0.05) is 12.1 Å². The molecule has 0 unspecified atom stereocenters. The second kappa shape index (κ2) is 16.5. The van der Waals surface area contributed by atoms with Crippen LogP contribution in [0.5, 0.6) is 0 Å². The number of amides is 2. The Morgan fingerprint density at radius 2 is 1.07 bits per heavy atom. The maximum absolute atomic E-state index is 11.1. The number of carbonyl (C=O) groups is 2. The fraction of sp³-hybridized carbons (Fsp3) is 0.455. The molecule has 8 atom stereocenters. The SMILES string of the molecule is NC(=O)c1ccc[n+]([C@@H]2O[C@H](COP(=O)([O-])[O-])[C@@H](O)[C@H]2O)c1.NC(=O)c1ccc[n+]([C@@H]2O[C@H](COP(=O)([O-])[O-])[C@@H](O)[C@H]2O)c1.[Ca+2]. The minimum atomic E-state index is -5.22. The molecule has 45 heavy (non-hydrogen) atoms. The fourth-order valence-corrected chi connectivity index (χ4v) is 4.81. The maximum Gasteiger partial charge on any atom is 2.00 e. The van der Waals surface area contributed by atoms with Gasteiger partial charge in [-0.3, -0.25) is 9.59 Å². The molecule has 2 aliphatic heterocycles. The number of hydrogen-bond acceptors (Lipinski definition) is 16. The molecule has 8 N–H and O–H groups in total. The molecule has 0 aromatic carbocycles. The van der Waals surface area contributed by atoms with E-state index < -0.39 is 89.8 Å². The van der Waals surface area contributed by atoms with E-state index in [0.29, 0.717) is 0 Å². The predicted molar refractivity (Wildman–Crippen MR) is 135 cm³/mol. The standard InChI is InChI=1S/2C11H15N2O8P.Ca/c2*12-10(16)6-2-1-3-13(4-6)11-9(15)8(14)7(21-11)5-20-22(17,18)19;/h2*1-4,7-9,11,14-15H,5H2,(H3-,12,16,17,18,19);/q;;+2/p-2/t2*7-,8-,9-,11-;/m11./s1. The van der Waals surface area contributed by atoms with Crippen LogP contribution in [0.2, 0.25) is 0 Å². The van der Waals surface area contributed by atoms with Crippen molar-refractivity contribution in [3.63, 3.8) is 0 Å². The smallest absolute Gasteiger partial charge is 0.790 e. The Labute approximate surface area is 284 Å². The number of carbonyl (C=O) groups excluding carboxylic acids is 2. The van der Waals surface area contributed by atoms with E-state index in [1.165, 1.54) is 58.2 Å². The van der Waals surface area contributed by atoms with Gasteiger partial charge in [0.25, 0.3) is 24.3 Å². The fourth-order valence-electron chi connectivity index (χ4n) is 4.15. The van der Waals surface area contributed by atoms with Crippen molar-refractivity contribution in [2.75, 3.05) is 13.2 Å². The van der Waals surface area contributed by atoms with Crippen LogP contribution in [-0.4, -0.2) is 120 Å². The Bertz CT molecular complexity index is 1320. The second-order valence-corrected chi connectivity index (χ2v) is 11.7. The van der Waals surface area contributed by atoms with Crippen molar-refractivity contribution in [2.45, 2.75) is 49.1 Å². The van der Waals surface area contributed by atoms with E-state index in [4.69, 9.17) is 20.9 Å². The van der Waals surface area contributed by atoms with E-state index in [-0.39, 0.29) is 48.9 Å². The molecule has 244 valence electrons. The van der Waals surface area contributed by atoms with E-state index in [1.807, 2.05) is 0 Å². The van der Waals surface area contributed by atoms with Crippen LogP contribution in [0.15, 0.2) is 49.1 Å². The van der Waals surface area contributed by atoms with Crippen LogP contribution in [0.3, 0.4) is 0 Å². The second-order valence-electron chi connectivity index (χ2n) is 9.39. The molecule has 20 nitrogen and oxygen atoms in total. The summed E-state index contributed by atoms with van der Waals surface area (Å²) in [6, 6.07) is 5.86. The van der Waals surface area contributed by atoms with Crippen LogP contribution < -0.4 is 40.2 Å². The van der Waals surface area contributed by atoms with E-state index in [0.717, 1.165) is 0 Å². The van der Waals surface area contributed by atoms with Crippen molar-refractivity contribution in [3.05, 3.63) is 60.2 Å². The Hall–Kier alpha value is -1.52. The zero-order chi connectivity index (χ0) is 33.0. The Morgan fingerprint density at radius 1 is 0.733 bits per heavy atom.